The van der Waals surface area contributed by atoms with Crippen LogP contribution in [0.25, 0.3) is 0 Å². The molecule has 1 aliphatic rings. The molecule has 1 heterocycles. The van der Waals surface area contributed by atoms with Crippen LogP contribution in [-0.2, 0) is 6.54 Å². The highest BCUT2D eigenvalue weighted by atomic mass is 79.9. The number of ether oxygens (including phenoxy) is 1. The number of hydrogen-bond acceptors (Lipinski definition) is 4. The number of aromatic nitrogens is 1. The van der Waals surface area contributed by atoms with Crippen LogP contribution >= 0.6 is 15.9 Å². The van der Waals surface area contributed by atoms with Crippen molar-refractivity contribution in [2.45, 2.75) is 25.3 Å². The van der Waals surface area contributed by atoms with Crippen molar-refractivity contribution in [3.8, 4) is 5.75 Å². The molecule has 5 heteroatoms. The SMILES string of the molecule is COc1ccc(C2CC2)c(CNc2cc(N(C)C)c(Br)cn2)c1. The quantitative estimate of drug-likeness (QED) is 0.811. The molecule has 1 N–H and O–H groups in total. The minimum Gasteiger partial charge on any atom is -0.497 e. The smallest absolute Gasteiger partial charge is 0.128 e. The van der Waals surface area contributed by atoms with Crippen LogP contribution in [0.1, 0.15) is 29.9 Å². The molecule has 0 spiro atoms. The topological polar surface area (TPSA) is 37.4 Å². The standard InChI is InChI=1S/C18H22BrN3O/c1-22(2)17-9-18(21-11-16(17)19)20-10-13-8-14(23-3)6-7-15(13)12-4-5-12/h6-9,11-12H,4-5,10H2,1-3H3,(H,20,21). The predicted octanol–water partition coefficient (Wildman–Crippen LogP) is 4.41. The number of anilines is 2. The summed E-state index contributed by atoms with van der Waals surface area (Å²) in [7, 11) is 5.76. The highest BCUT2D eigenvalue weighted by molar-refractivity contribution is 9.10. The zero-order valence-corrected chi connectivity index (χ0v) is 15.4. The molecule has 122 valence electrons. The molecule has 0 aliphatic heterocycles. The van der Waals surface area contributed by atoms with E-state index in [1.54, 1.807) is 7.11 Å². The van der Waals surface area contributed by atoms with Crippen LogP contribution < -0.4 is 15.0 Å². The zero-order chi connectivity index (χ0) is 16.4. The minimum absolute atomic E-state index is 0.716. The number of benzene rings is 1. The number of rotatable bonds is 6. The van der Waals surface area contributed by atoms with Gasteiger partial charge in [-0.15, -0.1) is 0 Å². The van der Waals surface area contributed by atoms with Gasteiger partial charge in [0.15, 0.2) is 0 Å². The van der Waals surface area contributed by atoms with Crippen molar-refractivity contribution >= 4 is 27.4 Å². The molecule has 3 rings (SSSR count). The molecule has 0 radical (unpaired) electrons. The molecule has 1 saturated carbocycles. The van der Waals surface area contributed by atoms with E-state index in [2.05, 4.69) is 55.4 Å². The van der Waals surface area contributed by atoms with E-state index < -0.39 is 0 Å². The lowest BCUT2D eigenvalue weighted by Gasteiger charge is -2.17. The molecule has 1 aromatic carbocycles. The third-order valence-corrected chi connectivity index (χ3v) is 4.76. The van der Waals surface area contributed by atoms with Crippen LogP contribution in [0.15, 0.2) is 34.9 Å². The molecule has 1 aromatic heterocycles. The lowest BCUT2D eigenvalue weighted by atomic mass is 10.0. The second kappa shape index (κ2) is 6.79. The molecule has 0 unspecified atom stereocenters. The van der Waals surface area contributed by atoms with Gasteiger partial charge in [-0.05, 0) is 57.9 Å². The minimum atomic E-state index is 0.716. The van der Waals surface area contributed by atoms with E-state index in [0.29, 0.717) is 5.92 Å². The maximum atomic E-state index is 5.37. The van der Waals surface area contributed by atoms with Gasteiger partial charge in [0.2, 0.25) is 0 Å². The Morgan fingerprint density at radius 1 is 1.30 bits per heavy atom. The van der Waals surface area contributed by atoms with Gasteiger partial charge >= 0.3 is 0 Å². The Morgan fingerprint density at radius 3 is 2.74 bits per heavy atom. The summed E-state index contributed by atoms with van der Waals surface area (Å²) < 4.78 is 6.37. The number of halogens is 1. The Hall–Kier alpha value is -1.75. The lowest BCUT2D eigenvalue weighted by molar-refractivity contribution is 0.414. The first-order valence-corrected chi connectivity index (χ1v) is 8.61. The Kier molecular flexibility index (Phi) is 4.76. The van der Waals surface area contributed by atoms with Gasteiger partial charge in [-0.1, -0.05) is 6.07 Å². The maximum absolute atomic E-state index is 5.37. The molecule has 0 bridgehead atoms. The molecular weight excluding hydrogens is 354 g/mol. The van der Waals surface area contributed by atoms with E-state index in [-0.39, 0.29) is 0 Å². The predicted molar refractivity (Wildman–Crippen MR) is 98.6 cm³/mol. The van der Waals surface area contributed by atoms with Gasteiger partial charge in [-0.2, -0.15) is 0 Å². The number of pyridine rings is 1. The van der Waals surface area contributed by atoms with Gasteiger partial charge in [0.1, 0.15) is 11.6 Å². The van der Waals surface area contributed by atoms with Crippen molar-refractivity contribution in [2.75, 3.05) is 31.4 Å². The average molecular weight is 376 g/mol. The largest absolute Gasteiger partial charge is 0.497 e. The fourth-order valence-electron chi connectivity index (χ4n) is 2.71. The summed E-state index contributed by atoms with van der Waals surface area (Å²) in [6, 6.07) is 8.44. The van der Waals surface area contributed by atoms with Gasteiger partial charge < -0.3 is 15.0 Å². The van der Waals surface area contributed by atoms with Gasteiger partial charge in [-0.3, -0.25) is 0 Å². The summed E-state index contributed by atoms with van der Waals surface area (Å²) in [6.45, 7) is 0.754. The number of nitrogens with zero attached hydrogens (tertiary/aromatic N) is 2. The number of nitrogens with one attached hydrogen (secondary N) is 1. The van der Waals surface area contributed by atoms with Crippen molar-refractivity contribution < 1.29 is 4.74 Å². The third-order valence-electron chi connectivity index (χ3n) is 4.14. The Bertz CT molecular complexity index is 699. The summed E-state index contributed by atoms with van der Waals surface area (Å²) in [5.41, 5.74) is 3.83. The zero-order valence-electron chi connectivity index (χ0n) is 13.8. The fourth-order valence-corrected chi connectivity index (χ4v) is 3.28. The summed E-state index contributed by atoms with van der Waals surface area (Å²) in [6.07, 6.45) is 4.42. The van der Waals surface area contributed by atoms with Crippen LogP contribution in [0.3, 0.4) is 0 Å². The average Bonchev–Trinajstić information content (AvgIpc) is 3.38. The lowest BCUT2D eigenvalue weighted by Crippen LogP contribution is -2.11. The highest BCUT2D eigenvalue weighted by Gasteiger charge is 2.26. The Balaban J connectivity index is 1.79. The second-order valence-corrected chi connectivity index (χ2v) is 6.96. The summed E-state index contributed by atoms with van der Waals surface area (Å²) in [5, 5.41) is 3.44. The van der Waals surface area contributed by atoms with Crippen LogP contribution in [0.5, 0.6) is 5.75 Å². The first-order valence-electron chi connectivity index (χ1n) is 7.82. The van der Waals surface area contributed by atoms with Crippen molar-refractivity contribution in [3.63, 3.8) is 0 Å². The number of methoxy groups -OCH3 is 1. The first kappa shape index (κ1) is 16.1. The van der Waals surface area contributed by atoms with Crippen LogP contribution in [0, 0.1) is 0 Å². The normalized spacial score (nSPS) is 13.7. The molecule has 1 fully saturated rings. The molecule has 1 aliphatic carbocycles. The molecule has 0 atom stereocenters. The molecule has 2 aromatic rings. The van der Waals surface area contributed by atoms with Crippen molar-refractivity contribution in [1.82, 2.24) is 4.98 Å². The fraction of sp³-hybridized carbons (Fsp3) is 0.389. The van der Waals surface area contributed by atoms with Gasteiger partial charge in [0.05, 0.1) is 17.3 Å². The second-order valence-electron chi connectivity index (χ2n) is 6.11. The van der Waals surface area contributed by atoms with Crippen molar-refractivity contribution in [1.29, 1.82) is 0 Å². The van der Waals surface area contributed by atoms with Gasteiger partial charge in [0, 0.05) is 32.9 Å². The summed E-state index contributed by atoms with van der Waals surface area (Å²) >= 11 is 3.54. The van der Waals surface area contributed by atoms with Crippen molar-refractivity contribution in [3.05, 3.63) is 46.1 Å². The van der Waals surface area contributed by atoms with E-state index in [4.69, 9.17) is 4.74 Å². The van der Waals surface area contributed by atoms with E-state index in [1.165, 1.54) is 24.0 Å². The Morgan fingerprint density at radius 2 is 2.09 bits per heavy atom. The van der Waals surface area contributed by atoms with Crippen LogP contribution in [0.4, 0.5) is 11.5 Å². The highest BCUT2D eigenvalue weighted by Crippen LogP contribution is 2.42. The van der Waals surface area contributed by atoms with Gasteiger partial charge in [-0.25, -0.2) is 4.98 Å². The third kappa shape index (κ3) is 3.78. The Labute approximate surface area is 146 Å². The summed E-state index contributed by atoms with van der Waals surface area (Å²) in [4.78, 5) is 6.52. The van der Waals surface area contributed by atoms with Crippen LogP contribution in [0.2, 0.25) is 0 Å². The molecular formula is C18H22BrN3O. The summed E-state index contributed by atoms with van der Waals surface area (Å²) in [5.74, 6) is 2.50. The van der Waals surface area contributed by atoms with E-state index in [9.17, 15) is 0 Å². The van der Waals surface area contributed by atoms with Crippen molar-refractivity contribution in [2.24, 2.45) is 0 Å². The van der Waals surface area contributed by atoms with Crippen LogP contribution in [-0.4, -0.2) is 26.2 Å². The molecule has 4 nitrogen and oxygen atoms in total. The maximum Gasteiger partial charge on any atom is 0.128 e. The first-order chi connectivity index (χ1) is 11.1. The number of hydrogen-bond donors (Lipinski definition) is 1. The monoisotopic (exact) mass is 375 g/mol. The van der Waals surface area contributed by atoms with E-state index >= 15 is 0 Å². The molecule has 0 saturated heterocycles. The van der Waals surface area contributed by atoms with E-state index in [1.807, 2.05) is 20.3 Å². The molecule has 0 amide bonds. The molecule has 23 heavy (non-hydrogen) atoms. The van der Waals surface area contributed by atoms with E-state index in [0.717, 1.165) is 28.3 Å². The van der Waals surface area contributed by atoms with Gasteiger partial charge in [0.25, 0.3) is 0 Å².